The van der Waals surface area contributed by atoms with Crippen LogP contribution in [0.25, 0.3) is 0 Å². The summed E-state index contributed by atoms with van der Waals surface area (Å²) in [4.78, 5) is 12.1. The van der Waals surface area contributed by atoms with E-state index in [2.05, 4.69) is 16.7 Å². The molecular formula is C19H28N2O4. The lowest BCUT2D eigenvalue weighted by Crippen LogP contribution is -2.51. The van der Waals surface area contributed by atoms with Crippen molar-refractivity contribution < 1.29 is 19.0 Å². The maximum atomic E-state index is 12.1. The summed E-state index contributed by atoms with van der Waals surface area (Å²) in [7, 11) is 0. The summed E-state index contributed by atoms with van der Waals surface area (Å²) >= 11 is 0. The van der Waals surface area contributed by atoms with E-state index in [0.29, 0.717) is 26.4 Å². The molecule has 0 aliphatic carbocycles. The minimum Gasteiger partial charge on any atom is -0.492 e. The Morgan fingerprint density at radius 2 is 2.08 bits per heavy atom. The van der Waals surface area contributed by atoms with Crippen LogP contribution in [0, 0.1) is 13.8 Å². The third-order valence-corrected chi connectivity index (χ3v) is 4.75. The van der Waals surface area contributed by atoms with Gasteiger partial charge in [-0.2, -0.15) is 0 Å². The average Bonchev–Trinajstić information content (AvgIpc) is 2.98. The summed E-state index contributed by atoms with van der Waals surface area (Å²) in [6.07, 6.45) is 2.57. The van der Waals surface area contributed by atoms with Crippen molar-refractivity contribution in [1.29, 1.82) is 0 Å². The van der Waals surface area contributed by atoms with Gasteiger partial charge in [0.1, 0.15) is 12.4 Å². The fraction of sp³-hybridized carbons (Fsp3) is 0.632. The monoisotopic (exact) mass is 348 g/mol. The Hall–Kier alpha value is -1.79. The Balaban J connectivity index is 1.36. The van der Waals surface area contributed by atoms with Crippen LogP contribution in [0.15, 0.2) is 18.2 Å². The number of carbonyl (C=O) groups is 1. The molecule has 25 heavy (non-hydrogen) atoms. The van der Waals surface area contributed by atoms with E-state index in [4.69, 9.17) is 14.2 Å². The van der Waals surface area contributed by atoms with Crippen LogP contribution in [0.3, 0.4) is 0 Å². The Kier molecular flexibility index (Phi) is 5.81. The molecule has 2 N–H and O–H groups in total. The number of ether oxygens (including phenoxy) is 3. The number of rotatable bonds is 5. The number of hydrogen-bond acceptors (Lipinski definition) is 4. The molecule has 3 rings (SSSR count). The van der Waals surface area contributed by atoms with E-state index in [0.717, 1.165) is 31.6 Å². The molecule has 2 heterocycles. The first-order valence-electron chi connectivity index (χ1n) is 9.02. The van der Waals surface area contributed by atoms with Crippen molar-refractivity contribution in [2.24, 2.45) is 0 Å². The summed E-state index contributed by atoms with van der Waals surface area (Å²) < 4.78 is 17.1. The van der Waals surface area contributed by atoms with Gasteiger partial charge in [-0.1, -0.05) is 6.07 Å². The second-order valence-electron chi connectivity index (χ2n) is 7.10. The van der Waals surface area contributed by atoms with E-state index >= 15 is 0 Å². The number of benzene rings is 1. The molecule has 2 aliphatic heterocycles. The van der Waals surface area contributed by atoms with E-state index in [1.807, 2.05) is 26.0 Å². The van der Waals surface area contributed by atoms with Gasteiger partial charge in [0, 0.05) is 25.7 Å². The number of amides is 2. The molecule has 0 bridgehead atoms. The van der Waals surface area contributed by atoms with Gasteiger partial charge in [0.2, 0.25) is 0 Å². The molecular weight excluding hydrogens is 320 g/mol. The van der Waals surface area contributed by atoms with E-state index in [1.54, 1.807) is 0 Å². The summed E-state index contributed by atoms with van der Waals surface area (Å²) in [6.45, 7) is 7.05. The lowest BCUT2D eigenvalue weighted by atomic mass is 9.90. The van der Waals surface area contributed by atoms with Gasteiger partial charge >= 0.3 is 6.03 Å². The fourth-order valence-electron chi connectivity index (χ4n) is 3.60. The van der Waals surface area contributed by atoms with Gasteiger partial charge in [-0.25, -0.2) is 4.79 Å². The maximum Gasteiger partial charge on any atom is 0.315 e. The van der Waals surface area contributed by atoms with Gasteiger partial charge in [0.05, 0.1) is 18.8 Å². The van der Waals surface area contributed by atoms with Crippen molar-refractivity contribution in [3.63, 3.8) is 0 Å². The number of carbonyl (C=O) groups excluding carboxylic acids is 1. The average molecular weight is 348 g/mol. The third kappa shape index (κ3) is 5.09. The second kappa shape index (κ2) is 8.06. The Bertz CT molecular complexity index is 579. The molecule has 1 aromatic rings. The van der Waals surface area contributed by atoms with Crippen LogP contribution >= 0.6 is 0 Å². The lowest BCUT2D eigenvalue weighted by molar-refractivity contribution is -0.0878. The topological polar surface area (TPSA) is 68.8 Å². The smallest absolute Gasteiger partial charge is 0.315 e. The van der Waals surface area contributed by atoms with E-state index in [-0.39, 0.29) is 17.7 Å². The highest BCUT2D eigenvalue weighted by molar-refractivity contribution is 5.74. The molecule has 1 aromatic carbocycles. The third-order valence-electron chi connectivity index (χ3n) is 4.75. The van der Waals surface area contributed by atoms with Gasteiger partial charge in [-0.15, -0.1) is 0 Å². The zero-order valence-corrected chi connectivity index (χ0v) is 15.1. The standard InChI is InChI=1S/C19H28N2O4/c1-14-9-15(2)11-17(10-14)24-8-5-20-18(22)21-16-3-6-25-19(12-16)4-7-23-13-19/h9-11,16H,3-8,12-13H2,1-2H3,(H2,20,21,22)/t16-,19+/m0/s1. The Morgan fingerprint density at radius 1 is 1.28 bits per heavy atom. The molecule has 2 saturated heterocycles. The number of aryl methyl sites for hydroxylation is 2. The summed E-state index contributed by atoms with van der Waals surface area (Å²) in [5, 5.41) is 5.91. The van der Waals surface area contributed by atoms with E-state index < -0.39 is 0 Å². The first-order valence-corrected chi connectivity index (χ1v) is 9.02. The quantitative estimate of drug-likeness (QED) is 0.802. The van der Waals surface area contributed by atoms with Gasteiger partial charge < -0.3 is 24.8 Å². The Labute approximate surface area is 149 Å². The molecule has 6 heteroatoms. The zero-order valence-electron chi connectivity index (χ0n) is 15.1. The van der Waals surface area contributed by atoms with E-state index in [1.165, 1.54) is 11.1 Å². The lowest BCUT2D eigenvalue weighted by Gasteiger charge is -2.37. The summed E-state index contributed by atoms with van der Waals surface area (Å²) in [5.41, 5.74) is 2.15. The number of urea groups is 1. The minimum atomic E-state index is -0.192. The summed E-state index contributed by atoms with van der Waals surface area (Å²) in [6, 6.07) is 6.09. The molecule has 0 unspecified atom stereocenters. The molecule has 6 nitrogen and oxygen atoms in total. The van der Waals surface area contributed by atoms with Crippen molar-refractivity contribution in [2.75, 3.05) is 33.0 Å². The van der Waals surface area contributed by atoms with Crippen LogP contribution in [0.4, 0.5) is 4.79 Å². The molecule has 0 radical (unpaired) electrons. The zero-order chi connectivity index (χ0) is 17.7. The van der Waals surface area contributed by atoms with Crippen LogP contribution in [0.1, 0.15) is 30.4 Å². The molecule has 2 aliphatic rings. The van der Waals surface area contributed by atoms with E-state index in [9.17, 15) is 4.79 Å². The predicted molar refractivity (Wildman–Crippen MR) is 95.1 cm³/mol. The van der Waals surface area contributed by atoms with Crippen LogP contribution in [-0.4, -0.2) is 50.6 Å². The van der Waals surface area contributed by atoms with Crippen LogP contribution in [-0.2, 0) is 9.47 Å². The highest BCUT2D eigenvalue weighted by Crippen LogP contribution is 2.32. The molecule has 2 amide bonds. The van der Waals surface area contributed by atoms with Crippen molar-refractivity contribution >= 4 is 6.03 Å². The highest BCUT2D eigenvalue weighted by atomic mass is 16.6. The molecule has 2 atom stereocenters. The highest BCUT2D eigenvalue weighted by Gasteiger charge is 2.41. The van der Waals surface area contributed by atoms with Crippen molar-refractivity contribution in [3.8, 4) is 5.75 Å². The maximum absolute atomic E-state index is 12.1. The van der Waals surface area contributed by atoms with Crippen LogP contribution in [0.2, 0.25) is 0 Å². The van der Waals surface area contributed by atoms with Crippen LogP contribution < -0.4 is 15.4 Å². The van der Waals surface area contributed by atoms with Crippen molar-refractivity contribution in [1.82, 2.24) is 10.6 Å². The second-order valence-corrected chi connectivity index (χ2v) is 7.10. The largest absolute Gasteiger partial charge is 0.492 e. The van der Waals surface area contributed by atoms with Crippen LogP contribution in [0.5, 0.6) is 5.75 Å². The van der Waals surface area contributed by atoms with Gasteiger partial charge in [0.15, 0.2) is 0 Å². The number of hydrogen-bond donors (Lipinski definition) is 2. The fourth-order valence-corrected chi connectivity index (χ4v) is 3.60. The van der Waals surface area contributed by atoms with Gasteiger partial charge in [-0.05, 0) is 49.9 Å². The SMILES string of the molecule is Cc1cc(C)cc(OCCNC(=O)N[C@H]2CCO[C@]3(CCOC3)C2)c1. The first-order chi connectivity index (χ1) is 12.0. The van der Waals surface area contributed by atoms with Crippen molar-refractivity contribution in [2.45, 2.75) is 44.8 Å². The normalized spacial score (nSPS) is 25.8. The van der Waals surface area contributed by atoms with Gasteiger partial charge in [0.25, 0.3) is 0 Å². The van der Waals surface area contributed by atoms with Gasteiger partial charge in [-0.3, -0.25) is 0 Å². The molecule has 0 aromatic heterocycles. The minimum absolute atomic E-state index is 0.135. The number of nitrogens with one attached hydrogen (secondary N) is 2. The first kappa shape index (κ1) is 18.0. The molecule has 1 spiro atoms. The molecule has 2 fully saturated rings. The Morgan fingerprint density at radius 3 is 2.80 bits per heavy atom. The molecule has 0 saturated carbocycles. The summed E-state index contributed by atoms with van der Waals surface area (Å²) in [5.74, 6) is 0.840. The molecule has 138 valence electrons. The predicted octanol–water partition coefficient (Wildman–Crippen LogP) is 2.32. The van der Waals surface area contributed by atoms with Crippen molar-refractivity contribution in [3.05, 3.63) is 29.3 Å².